The van der Waals surface area contributed by atoms with Gasteiger partial charge in [-0.15, -0.1) is 0 Å². The van der Waals surface area contributed by atoms with Crippen LogP contribution in [0.5, 0.6) is 0 Å². The Kier molecular flexibility index (Phi) is 7.52. The Hall–Kier alpha value is -1.40. The van der Waals surface area contributed by atoms with Gasteiger partial charge >= 0.3 is 0 Å². The summed E-state index contributed by atoms with van der Waals surface area (Å²) in [7, 11) is -3.54. The van der Waals surface area contributed by atoms with Crippen LogP contribution in [0.2, 0.25) is 5.02 Å². The first kappa shape index (κ1) is 21.3. The van der Waals surface area contributed by atoms with Gasteiger partial charge in [-0.05, 0) is 69.1 Å². The summed E-state index contributed by atoms with van der Waals surface area (Å²) in [4.78, 5) is 2.83. The molecule has 3 rings (SSSR count). The molecule has 1 unspecified atom stereocenters. The van der Waals surface area contributed by atoms with Crippen molar-refractivity contribution in [2.45, 2.75) is 50.1 Å². The minimum absolute atomic E-state index is 0.343. The zero-order chi connectivity index (χ0) is 20.0. The molecule has 1 fully saturated rings. The molecular weight excluding hydrogens is 392 g/mol. The SMILES string of the molecule is CC1CCCCN1CCCN(Cc1ccc(Cl)cc1)S(=O)(=O)c1ccccc1. The Morgan fingerprint density at radius 3 is 2.46 bits per heavy atom. The Bertz CT molecular complexity index is 841. The highest BCUT2D eigenvalue weighted by Gasteiger charge is 2.25. The molecule has 28 heavy (non-hydrogen) atoms. The van der Waals surface area contributed by atoms with E-state index in [2.05, 4.69) is 11.8 Å². The van der Waals surface area contributed by atoms with Crippen molar-refractivity contribution < 1.29 is 8.42 Å². The molecule has 1 atom stereocenters. The normalized spacial score (nSPS) is 18.5. The molecule has 1 aliphatic heterocycles. The highest BCUT2D eigenvalue weighted by Crippen LogP contribution is 2.21. The number of benzene rings is 2. The smallest absolute Gasteiger partial charge is 0.243 e. The number of likely N-dealkylation sites (tertiary alicyclic amines) is 1. The van der Waals surface area contributed by atoms with E-state index in [1.54, 1.807) is 40.7 Å². The minimum Gasteiger partial charge on any atom is -0.301 e. The van der Waals surface area contributed by atoms with Gasteiger partial charge in [0.15, 0.2) is 0 Å². The third-order valence-corrected chi connectivity index (χ3v) is 7.56. The number of halogens is 1. The summed E-state index contributed by atoms with van der Waals surface area (Å²) in [6.07, 6.45) is 4.59. The van der Waals surface area contributed by atoms with Gasteiger partial charge in [0, 0.05) is 24.2 Å². The zero-order valence-corrected chi connectivity index (χ0v) is 18.0. The summed E-state index contributed by atoms with van der Waals surface area (Å²) in [5.41, 5.74) is 0.940. The average Bonchev–Trinajstić information content (AvgIpc) is 2.71. The van der Waals surface area contributed by atoms with E-state index < -0.39 is 10.0 Å². The molecule has 0 radical (unpaired) electrons. The van der Waals surface area contributed by atoms with Crippen molar-refractivity contribution in [3.63, 3.8) is 0 Å². The van der Waals surface area contributed by atoms with Gasteiger partial charge in [0.2, 0.25) is 10.0 Å². The molecule has 6 heteroatoms. The van der Waals surface area contributed by atoms with Gasteiger partial charge < -0.3 is 4.90 Å². The van der Waals surface area contributed by atoms with Crippen LogP contribution >= 0.6 is 11.6 Å². The molecule has 0 saturated carbocycles. The first-order valence-electron chi connectivity index (χ1n) is 10.0. The number of sulfonamides is 1. The molecule has 0 spiro atoms. The molecule has 4 nitrogen and oxygen atoms in total. The molecule has 1 saturated heterocycles. The third-order valence-electron chi connectivity index (χ3n) is 5.45. The monoisotopic (exact) mass is 420 g/mol. The first-order chi connectivity index (χ1) is 13.5. The molecule has 0 aromatic heterocycles. The highest BCUT2D eigenvalue weighted by atomic mass is 35.5. The number of piperidine rings is 1. The molecule has 2 aromatic carbocycles. The van der Waals surface area contributed by atoms with Gasteiger partial charge in [0.05, 0.1) is 4.90 Å². The standard InChI is InChI=1S/C22H29ClN2O2S/c1-19-8-5-6-15-24(19)16-7-17-25(18-20-11-13-21(23)14-12-20)28(26,27)22-9-3-2-4-10-22/h2-4,9-14,19H,5-8,15-18H2,1H3. The van der Waals surface area contributed by atoms with Crippen molar-refractivity contribution >= 4 is 21.6 Å². The predicted molar refractivity (Wildman–Crippen MR) is 115 cm³/mol. The maximum atomic E-state index is 13.2. The van der Waals surface area contributed by atoms with Crippen LogP contribution in [-0.4, -0.2) is 43.3 Å². The number of hydrogen-bond donors (Lipinski definition) is 0. The van der Waals surface area contributed by atoms with Crippen molar-refractivity contribution in [1.82, 2.24) is 9.21 Å². The van der Waals surface area contributed by atoms with Crippen LogP contribution in [0.25, 0.3) is 0 Å². The van der Waals surface area contributed by atoms with E-state index in [-0.39, 0.29) is 0 Å². The molecule has 0 bridgehead atoms. The van der Waals surface area contributed by atoms with E-state index in [9.17, 15) is 8.42 Å². The molecule has 152 valence electrons. The summed E-state index contributed by atoms with van der Waals surface area (Å²) in [5, 5.41) is 0.653. The van der Waals surface area contributed by atoms with Crippen LogP contribution in [0.4, 0.5) is 0 Å². The van der Waals surface area contributed by atoms with E-state index in [1.807, 2.05) is 18.2 Å². The van der Waals surface area contributed by atoms with Crippen molar-refractivity contribution in [3.05, 3.63) is 65.2 Å². The molecule has 0 aliphatic carbocycles. The summed E-state index contributed by atoms with van der Waals surface area (Å²) in [6, 6.07) is 16.7. The van der Waals surface area contributed by atoms with Crippen LogP contribution in [-0.2, 0) is 16.6 Å². The van der Waals surface area contributed by atoms with Crippen LogP contribution in [0.15, 0.2) is 59.5 Å². The predicted octanol–water partition coefficient (Wildman–Crippen LogP) is 4.80. The second-order valence-corrected chi connectivity index (χ2v) is 9.89. The van der Waals surface area contributed by atoms with Gasteiger partial charge in [-0.3, -0.25) is 0 Å². The Morgan fingerprint density at radius 2 is 1.79 bits per heavy atom. The van der Waals surface area contributed by atoms with Crippen molar-refractivity contribution in [1.29, 1.82) is 0 Å². The third kappa shape index (κ3) is 5.57. The van der Waals surface area contributed by atoms with Gasteiger partial charge in [0.1, 0.15) is 0 Å². The molecule has 0 amide bonds. The van der Waals surface area contributed by atoms with Gasteiger partial charge in [-0.1, -0.05) is 48.4 Å². The quantitative estimate of drug-likeness (QED) is 0.616. The number of rotatable bonds is 8. The molecule has 1 heterocycles. The Labute approximate surface area is 174 Å². The lowest BCUT2D eigenvalue weighted by atomic mass is 10.0. The second-order valence-electron chi connectivity index (χ2n) is 7.51. The highest BCUT2D eigenvalue weighted by molar-refractivity contribution is 7.89. The van der Waals surface area contributed by atoms with Crippen LogP contribution < -0.4 is 0 Å². The zero-order valence-electron chi connectivity index (χ0n) is 16.4. The maximum absolute atomic E-state index is 13.2. The summed E-state index contributed by atoms with van der Waals surface area (Å²) < 4.78 is 28.1. The topological polar surface area (TPSA) is 40.6 Å². The Morgan fingerprint density at radius 1 is 1.07 bits per heavy atom. The summed E-state index contributed by atoms with van der Waals surface area (Å²) in [5.74, 6) is 0. The van der Waals surface area contributed by atoms with E-state index in [0.29, 0.717) is 29.0 Å². The lowest BCUT2D eigenvalue weighted by molar-refractivity contribution is 0.155. The minimum atomic E-state index is -3.54. The summed E-state index contributed by atoms with van der Waals surface area (Å²) in [6.45, 7) is 5.17. The number of nitrogens with zero attached hydrogens (tertiary/aromatic N) is 2. The van der Waals surface area contributed by atoms with E-state index >= 15 is 0 Å². The van der Waals surface area contributed by atoms with Gasteiger partial charge in [-0.2, -0.15) is 4.31 Å². The molecule has 1 aliphatic rings. The Balaban J connectivity index is 1.73. The van der Waals surface area contributed by atoms with Crippen molar-refractivity contribution in [3.8, 4) is 0 Å². The van der Waals surface area contributed by atoms with E-state index in [0.717, 1.165) is 25.1 Å². The fraction of sp³-hybridized carbons (Fsp3) is 0.455. The second kappa shape index (κ2) is 9.88. The van der Waals surface area contributed by atoms with E-state index in [1.165, 1.54) is 19.3 Å². The first-order valence-corrected chi connectivity index (χ1v) is 11.8. The van der Waals surface area contributed by atoms with Gasteiger partial charge in [0.25, 0.3) is 0 Å². The van der Waals surface area contributed by atoms with Gasteiger partial charge in [-0.25, -0.2) is 8.42 Å². The average molecular weight is 421 g/mol. The van der Waals surface area contributed by atoms with Crippen LogP contribution in [0, 0.1) is 0 Å². The fourth-order valence-electron chi connectivity index (χ4n) is 3.76. The molecule has 0 N–H and O–H groups in total. The summed E-state index contributed by atoms with van der Waals surface area (Å²) >= 11 is 5.98. The maximum Gasteiger partial charge on any atom is 0.243 e. The van der Waals surface area contributed by atoms with Crippen molar-refractivity contribution in [2.24, 2.45) is 0 Å². The van der Waals surface area contributed by atoms with Crippen LogP contribution in [0.3, 0.4) is 0 Å². The molecule has 2 aromatic rings. The number of hydrogen-bond acceptors (Lipinski definition) is 3. The van der Waals surface area contributed by atoms with Crippen molar-refractivity contribution in [2.75, 3.05) is 19.6 Å². The largest absolute Gasteiger partial charge is 0.301 e. The molecular formula is C22H29ClN2O2S. The van der Waals surface area contributed by atoms with E-state index in [4.69, 9.17) is 11.6 Å². The lowest BCUT2D eigenvalue weighted by Gasteiger charge is -2.34. The van der Waals surface area contributed by atoms with Crippen LogP contribution in [0.1, 0.15) is 38.2 Å². The fourth-order valence-corrected chi connectivity index (χ4v) is 5.37. The lowest BCUT2D eigenvalue weighted by Crippen LogP contribution is -2.40.